The summed E-state index contributed by atoms with van der Waals surface area (Å²) in [6.07, 6.45) is -0.643. The summed E-state index contributed by atoms with van der Waals surface area (Å²) in [5.74, 6) is -1.66. The molecule has 0 amide bonds. The second-order valence-corrected chi connectivity index (χ2v) is 7.36. The van der Waals surface area contributed by atoms with Crippen LogP contribution in [0.4, 0.5) is 0 Å². The minimum Gasteiger partial charge on any atom is -0.479 e. The average molecular weight is 416 g/mol. The summed E-state index contributed by atoms with van der Waals surface area (Å²) in [5.41, 5.74) is 4.12. The van der Waals surface area contributed by atoms with Gasteiger partial charge in [-0.25, -0.2) is 9.59 Å². The van der Waals surface area contributed by atoms with Gasteiger partial charge >= 0.3 is 11.9 Å². The Labute approximate surface area is 173 Å². The van der Waals surface area contributed by atoms with Gasteiger partial charge in [0.1, 0.15) is 5.75 Å². The van der Waals surface area contributed by atoms with Crippen molar-refractivity contribution in [2.45, 2.75) is 39.8 Å². The molecule has 3 rings (SSSR count). The fraction of sp³-hybridized carbons (Fsp3) is 0.273. The molecule has 0 unspecified atom stereocenters. The van der Waals surface area contributed by atoms with E-state index >= 15 is 0 Å². The lowest BCUT2D eigenvalue weighted by Crippen LogP contribution is -2.26. The van der Waals surface area contributed by atoms with Crippen molar-refractivity contribution in [2.75, 3.05) is 0 Å². The Morgan fingerprint density at radius 2 is 1.86 bits per heavy atom. The molecule has 0 saturated heterocycles. The van der Waals surface area contributed by atoms with E-state index in [0.29, 0.717) is 23.7 Å². The Balaban J connectivity index is 1.99. The van der Waals surface area contributed by atoms with Crippen LogP contribution in [0.15, 0.2) is 36.4 Å². The first-order valence-corrected chi connectivity index (χ1v) is 9.61. The van der Waals surface area contributed by atoms with E-state index in [1.165, 1.54) is 0 Å². The molecule has 1 aromatic heterocycles. The van der Waals surface area contributed by atoms with Crippen molar-refractivity contribution in [1.29, 1.82) is 0 Å². The van der Waals surface area contributed by atoms with Gasteiger partial charge < -0.3 is 19.5 Å². The molecule has 1 heterocycles. The summed E-state index contributed by atoms with van der Waals surface area (Å²) in [4.78, 5) is 22.6. The van der Waals surface area contributed by atoms with Gasteiger partial charge in [0.05, 0.1) is 10.6 Å². The van der Waals surface area contributed by atoms with Crippen LogP contribution in [0.3, 0.4) is 0 Å². The van der Waals surface area contributed by atoms with Gasteiger partial charge in [0.2, 0.25) is 0 Å². The van der Waals surface area contributed by atoms with Crippen LogP contribution in [0.1, 0.15) is 40.5 Å². The molecule has 0 bridgehead atoms. The van der Waals surface area contributed by atoms with E-state index in [1.807, 2.05) is 26.0 Å². The number of hydrogen-bond acceptors (Lipinski definition) is 3. The molecule has 29 heavy (non-hydrogen) atoms. The molecule has 6 nitrogen and oxygen atoms in total. The Hall–Kier alpha value is -2.99. The maximum Gasteiger partial charge on any atom is 0.344 e. The summed E-state index contributed by atoms with van der Waals surface area (Å²) in [6, 6.07) is 10.4. The largest absolute Gasteiger partial charge is 0.479 e. The number of carboxylic acids is 2. The highest BCUT2D eigenvalue weighted by molar-refractivity contribution is 6.32. The number of aliphatic carboxylic acids is 1. The van der Waals surface area contributed by atoms with Gasteiger partial charge in [0.25, 0.3) is 0 Å². The van der Waals surface area contributed by atoms with E-state index in [1.54, 1.807) is 31.2 Å². The van der Waals surface area contributed by atoms with Crippen LogP contribution < -0.4 is 4.74 Å². The van der Waals surface area contributed by atoms with Crippen molar-refractivity contribution in [3.8, 4) is 5.75 Å². The van der Waals surface area contributed by atoms with Crippen molar-refractivity contribution >= 4 is 34.4 Å². The van der Waals surface area contributed by atoms with E-state index in [-0.39, 0.29) is 5.56 Å². The molecule has 0 aliphatic heterocycles. The summed E-state index contributed by atoms with van der Waals surface area (Å²) in [5, 5.41) is 19.7. The number of benzene rings is 2. The molecule has 7 heteroatoms. The SMILES string of the molecule is CC[C@H](Oc1cc(Cn2c(C)c(C)c3cc(C(=O)O)ccc32)ccc1Cl)C(=O)O. The zero-order valence-corrected chi connectivity index (χ0v) is 17.2. The number of aromatic nitrogens is 1. The number of rotatable bonds is 7. The van der Waals surface area contributed by atoms with Crippen LogP contribution in [-0.2, 0) is 11.3 Å². The summed E-state index contributed by atoms with van der Waals surface area (Å²) in [7, 11) is 0. The number of carbonyl (C=O) groups is 2. The molecule has 3 aromatic rings. The van der Waals surface area contributed by atoms with Crippen molar-refractivity contribution < 1.29 is 24.5 Å². The van der Waals surface area contributed by atoms with Gasteiger partial charge in [-0.1, -0.05) is 24.6 Å². The zero-order valence-electron chi connectivity index (χ0n) is 16.4. The minimum atomic E-state index is -1.04. The Kier molecular flexibility index (Phi) is 5.84. The van der Waals surface area contributed by atoms with Crippen molar-refractivity contribution in [2.24, 2.45) is 0 Å². The fourth-order valence-electron chi connectivity index (χ4n) is 3.37. The molecule has 152 valence electrons. The maximum absolute atomic E-state index is 11.3. The normalized spacial score (nSPS) is 12.1. The molecular formula is C22H22ClNO5. The number of fused-ring (bicyclic) bond motifs is 1. The molecular weight excluding hydrogens is 394 g/mol. The quantitative estimate of drug-likeness (QED) is 0.573. The first kappa shape index (κ1) is 20.7. The van der Waals surface area contributed by atoms with Gasteiger partial charge in [0.15, 0.2) is 6.10 Å². The van der Waals surface area contributed by atoms with Crippen molar-refractivity contribution in [3.05, 3.63) is 63.8 Å². The van der Waals surface area contributed by atoms with Crippen LogP contribution >= 0.6 is 11.6 Å². The monoisotopic (exact) mass is 415 g/mol. The number of aryl methyl sites for hydroxylation is 1. The number of ether oxygens (including phenoxy) is 1. The maximum atomic E-state index is 11.3. The van der Waals surface area contributed by atoms with Crippen LogP contribution in [0, 0.1) is 13.8 Å². The third-order valence-electron chi connectivity index (χ3n) is 5.14. The van der Waals surface area contributed by atoms with E-state index in [2.05, 4.69) is 4.57 Å². The molecule has 0 fully saturated rings. The molecule has 2 aromatic carbocycles. The Bertz CT molecular complexity index is 1100. The lowest BCUT2D eigenvalue weighted by Gasteiger charge is -2.16. The van der Waals surface area contributed by atoms with Crippen LogP contribution in [0.25, 0.3) is 10.9 Å². The highest BCUT2D eigenvalue weighted by atomic mass is 35.5. The van der Waals surface area contributed by atoms with E-state index < -0.39 is 18.0 Å². The number of hydrogen-bond donors (Lipinski definition) is 2. The molecule has 0 aliphatic rings. The predicted molar refractivity (Wildman–Crippen MR) is 111 cm³/mol. The molecule has 0 saturated carbocycles. The number of aromatic carboxylic acids is 1. The molecule has 1 atom stereocenters. The lowest BCUT2D eigenvalue weighted by molar-refractivity contribution is -0.145. The molecule has 0 radical (unpaired) electrons. The lowest BCUT2D eigenvalue weighted by atomic mass is 10.1. The Morgan fingerprint density at radius 3 is 2.48 bits per heavy atom. The van der Waals surface area contributed by atoms with Gasteiger partial charge in [-0.2, -0.15) is 0 Å². The first-order valence-electron chi connectivity index (χ1n) is 9.23. The van der Waals surface area contributed by atoms with Gasteiger partial charge in [-0.05, 0) is 61.7 Å². The highest BCUT2D eigenvalue weighted by Gasteiger charge is 2.19. The zero-order chi connectivity index (χ0) is 21.3. The number of nitrogens with zero attached hydrogens (tertiary/aromatic N) is 1. The predicted octanol–water partition coefficient (Wildman–Crippen LogP) is 4.90. The second-order valence-electron chi connectivity index (χ2n) is 6.95. The standard InChI is InChI=1S/C22H22ClNO5/c1-4-19(22(27)28)29-20-9-14(5-7-17(20)23)11-24-13(3)12(2)16-10-15(21(25)26)6-8-18(16)24/h5-10,19H,4,11H2,1-3H3,(H,25,26)(H,27,28)/t19-/m0/s1. The van der Waals surface area contributed by atoms with E-state index in [0.717, 1.165) is 27.7 Å². The second kappa shape index (κ2) is 8.17. The van der Waals surface area contributed by atoms with E-state index in [9.17, 15) is 19.8 Å². The average Bonchev–Trinajstić information content (AvgIpc) is 2.92. The van der Waals surface area contributed by atoms with Crippen molar-refractivity contribution in [3.63, 3.8) is 0 Å². The van der Waals surface area contributed by atoms with Crippen LogP contribution in [0.5, 0.6) is 5.75 Å². The summed E-state index contributed by atoms with van der Waals surface area (Å²) < 4.78 is 7.69. The summed E-state index contributed by atoms with van der Waals surface area (Å²) >= 11 is 6.20. The number of halogens is 1. The third kappa shape index (κ3) is 4.07. The van der Waals surface area contributed by atoms with Gasteiger partial charge in [-0.3, -0.25) is 0 Å². The topological polar surface area (TPSA) is 88.8 Å². The van der Waals surface area contributed by atoms with Gasteiger partial charge in [0, 0.05) is 23.1 Å². The third-order valence-corrected chi connectivity index (χ3v) is 5.45. The molecule has 0 aliphatic carbocycles. The number of carboxylic acid groups (broad SMARTS) is 2. The van der Waals surface area contributed by atoms with Crippen LogP contribution in [0.2, 0.25) is 5.02 Å². The molecule has 0 spiro atoms. The smallest absolute Gasteiger partial charge is 0.344 e. The summed E-state index contributed by atoms with van der Waals surface area (Å²) in [6.45, 7) is 6.20. The Morgan fingerprint density at radius 1 is 1.14 bits per heavy atom. The highest BCUT2D eigenvalue weighted by Crippen LogP contribution is 2.30. The fourth-order valence-corrected chi connectivity index (χ4v) is 3.53. The molecule has 2 N–H and O–H groups in total. The minimum absolute atomic E-state index is 0.249. The first-order chi connectivity index (χ1) is 13.7. The van der Waals surface area contributed by atoms with Gasteiger partial charge in [-0.15, -0.1) is 0 Å². The van der Waals surface area contributed by atoms with E-state index in [4.69, 9.17) is 16.3 Å². The van der Waals surface area contributed by atoms with Crippen LogP contribution in [-0.4, -0.2) is 32.8 Å². The van der Waals surface area contributed by atoms with Crippen molar-refractivity contribution in [1.82, 2.24) is 4.57 Å².